The van der Waals surface area contributed by atoms with Crippen molar-refractivity contribution in [2.24, 2.45) is 0 Å². The molecule has 2 aromatic carbocycles. The fourth-order valence-electron chi connectivity index (χ4n) is 1.33. The van der Waals surface area contributed by atoms with Gasteiger partial charge in [0.05, 0.1) is 0 Å². The number of rotatable bonds is 0. The quantitative estimate of drug-likeness (QED) is 0.515. The highest BCUT2D eigenvalue weighted by atomic mass is 14.5. The molecule has 0 atom stereocenters. The van der Waals surface area contributed by atoms with Gasteiger partial charge in [0.1, 0.15) is 0 Å². The molecule has 0 fully saturated rings. The molecule has 2 rings (SSSR count). The van der Waals surface area contributed by atoms with Gasteiger partial charge in [0, 0.05) is 22.5 Å². The Morgan fingerprint density at radius 1 is 0.688 bits per heavy atom. The van der Waals surface area contributed by atoms with Crippen molar-refractivity contribution < 1.29 is 0 Å². The molecule has 2 aromatic rings. The van der Waals surface area contributed by atoms with E-state index < -0.39 is 0 Å². The highest BCUT2D eigenvalue weighted by Gasteiger charge is 1.89. The van der Waals surface area contributed by atoms with Crippen LogP contribution in [0.1, 0.15) is 11.1 Å². The van der Waals surface area contributed by atoms with Crippen LogP contribution in [0.25, 0.3) is 0 Å². The largest absolute Gasteiger partial charge is 0.399 e. The summed E-state index contributed by atoms with van der Waals surface area (Å²) in [5, 5.41) is 0. The van der Waals surface area contributed by atoms with E-state index in [0.29, 0.717) is 0 Å². The van der Waals surface area contributed by atoms with Gasteiger partial charge in [-0.1, -0.05) is 17.9 Å². The van der Waals surface area contributed by atoms with Crippen LogP contribution >= 0.6 is 0 Å². The Balaban J connectivity index is 2.25. The lowest BCUT2D eigenvalue weighted by molar-refractivity contribution is 1.61. The van der Waals surface area contributed by atoms with Gasteiger partial charge in [-0.25, -0.2) is 0 Å². The molecule has 0 aliphatic heterocycles. The van der Waals surface area contributed by atoms with Crippen LogP contribution in [0.5, 0.6) is 0 Å². The van der Waals surface area contributed by atoms with Crippen LogP contribution in [0, 0.1) is 11.8 Å². The Labute approximate surface area is 94.9 Å². The van der Waals surface area contributed by atoms with Crippen molar-refractivity contribution >= 4 is 11.4 Å². The van der Waals surface area contributed by atoms with Crippen LogP contribution < -0.4 is 11.5 Å². The molecule has 4 N–H and O–H groups in total. The van der Waals surface area contributed by atoms with Crippen molar-refractivity contribution in [2.45, 2.75) is 0 Å². The predicted molar refractivity (Wildman–Crippen MR) is 67.7 cm³/mol. The van der Waals surface area contributed by atoms with Crippen molar-refractivity contribution in [3.05, 3.63) is 59.7 Å². The summed E-state index contributed by atoms with van der Waals surface area (Å²) in [5.41, 5.74) is 14.6. The second kappa shape index (κ2) is 4.41. The maximum absolute atomic E-state index is 5.66. The van der Waals surface area contributed by atoms with Crippen LogP contribution in [0.4, 0.5) is 11.4 Å². The molecular weight excluding hydrogens is 196 g/mol. The van der Waals surface area contributed by atoms with Gasteiger partial charge in [-0.15, -0.1) is 0 Å². The van der Waals surface area contributed by atoms with Crippen LogP contribution in [-0.2, 0) is 0 Å². The van der Waals surface area contributed by atoms with Crippen molar-refractivity contribution in [3.63, 3.8) is 0 Å². The molecule has 78 valence electrons. The average molecular weight is 208 g/mol. The lowest BCUT2D eigenvalue weighted by atomic mass is 10.1. The number of hydrogen-bond acceptors (Lipinski definition) is 2. The Bertz CT molecular complexity index is 545. The van der Waals surface area contributed by atoms with Gasteiger partial charge in [-0.3, -0.25) is 0 Å². The minimum Gasteiger partial charge on any atom is -0.399 e. The second-order valence-corrected chi connectivity index (χ2v) is 3.50. The number of nitrogen functional groups attached to an aromatic ring is 2. The first-order chi connectivity index (χ1) is 7.74. The maximum atomic E-state index is 5.66. The molecular formula is C14H12N2. The van der Waals surface area contributed by atoms with Gasteiger partial charge in [-0.2, -0.15) is 0 Å². The summed E-state index contributed by atoms with van der Waals surface area (Å²) in [6.07, 6.45) is 0. The molecule has 0 saturated heterocycles. The SMILES string of the molecule is Nc1ccc(C#Cc2cccc(N)c2)cc1. The molecule has 0 unspecified atom stereocenters. The summed E-state index contributed by atoms with van der Waals surface area (Å²) >= 11 is 0. The number of benzene rings is 2. The maximum Gasteiger partial charge on any atom is 0.0326 e. The molecule has 0 heterocycles. The van der Waals surface area contributed by atoms with Crippen molar-refractivity contribution in [3.8, 4) is 11.8 Å². The lowest BCUT2D eigenvalue weighted by Gasteiger charge is -1.93. The summed E-state index contributed by atoms with van der Waals surface area (Å²) in [4.78, 5) is 0. The lowest BCUT2D eigenvalue weighted by Crippen LogP contribution is -1.85. The minimum atomic E-state index is 0.726. The van der Waals surface area contributed by atoms with E-state index in [1.165, 1.54) is 0 Å². The first-order valence-corrected chi connectivity index (χ1v) is 4.97. The molecule has 0 saturated carbocycles. The molecule has 0 aliphatic carbocycles. The van der Waals surface area contributed by atoms with Crippen molar-refractivity contribution in [2.75, 3.05) is 11.5 Å². The van der Waals surface area contributed by atoms with E-state index >= 15 is 0 Å². The van der Waals surface area contributed by atoms with Gasteiger partial charge in [0.2, 0.25) is 0 Å². The number of nitrogens with two attached hydrogens (primary N) is 2. The standard InChI is InChI=1S/C14H12N2/c15-13-8-6-11(7-9-13)4-5-12-2-1-3-14(16)10-12/h1-3,6-10H,15-16H2. The monoisotopic (exact) mass is 208 g/mol. The molecule has 16 heavy (non-hydrogen) atoms. The van der Waals surface area contributed by atoms with Gasteiger partial charge < -0.3 is 11.5 Å². The Morgan fingerprint density at radius 2 is 1.38 bits per heavy atom. The molecule has 0 radical (unpaired) electrons. The molecule has 0 aliphatic rings. The van der Waals surface area contributed by atoms with E-state index in [0.717, 1.165) is 22.5 Å². The third-order valence-corrected chi connectivity index (χ3v) is 2.15. The fraction of sp³-hybridized carbons (Fsp3) is 0. The van der Waals surface area contributed by atoms with Gasteiger partial charge in [-0.05, 0) is 42.5 Å². The zero-order valence-corrected chi connectivity index (χ0v) is 8.77. The average Bonchev–Trinajstić information content (AvgIpc) is 2.28. The Morgan fingerprint density at radius 3 is 2.06 bits per heavy atom. The van der Waals surface area contributed by atoms with Crippen LogP contribution in [0.2, 0.25) is 0 Å². The highest BCUT2D eigenvalue weighted by molar-refractivity contribution is 5.51. The van der Waals surface area contributed by atoms with Crippen molar-refractivity contribution in [1.29, 1.82) is 0 Å². The number of hydrogen-bond donors (Lipinski definition) is 2. The normalized spacial score (nSPS) is 9.25. The third kappa shape index (κ3) is 2.55. The summed E-state index contributed by atoms with van der Waals surface area (Å²) < 4.78 is 0. The summed E-state index contributed by atoms with van der Waals surface area (Å²) in [6, 6.07) is 15.0. The number of anilines is 2. The summed E-state index contributed by atoms with van der Waals surface area (Å²) in [7, 11) is 0. The molecule has 2 nitrogen and oxygen atoms in total. The first kappa shape index (κ1) is 10.1. The topological polar surface area (TPSA) is 52.0 Å². The van der Waals surface area contributed by atoms with E-state index in [2.05, 4.69) is 11.8 Å². The molecule has 0 aromatic heterocycles. The van der Waals surface area contributed by atoms with Crippen LogP contribution in [-0.4, -0.2) is 0 Å². The van der Waals surface area contributed by atoms with E-state index in [9.17, 15) is 0 Å². The van der Waals surface area contributed by atoms with E-state index in [4.69, 9.17) is 11.5 Å². The fourth-order valence-corrected chi connectivity index (χ4v) is 1.33. The summed E-state index contributed by atoms with van der Waals surface area (Å²) in [6.45, 7) is 0. The Kier molecular flexibility index (Phi) is 2.79. The zero-order valence-electron chi connectivity index (χ0n) is 8.77. The smallest absolute Gasteiger partial charge is 0.0326 e. The van der Waals surface area contributed by atoms with Gasteiger partial charge in [0.15, 0.2) is 0 Å². The van der Waals surface area contributed by atoms with Gasteiger partial charge in [0.25, 0.3) is 0 Å². The van der Waals surface area contributed by atoms with E-state index in [1.807, 2.05) is 48.5 Å². The van der Waals surface area contributed by atoms with Crippen LogP contribution in [0.15, 0.2) is 48.5 Å². The molecule has 0 spiro atoms. The Hall–Kier alpha value is -2.40. The van der Waals surface area contributed by atoms with Crippen LogP contribution in [0.3, 0.4) is 0 Å². The zero-order chi connectivity index (χ0) is 11.4. The summed E-state index contributed by atoms with van der Waals surface area (Å²) in [5.74, 6) is 6.10. The highest BCUT2D eigenvalue weighted by Crippen LogP contribution is 2.06. The second-order valence-electron chi connectivity index (χ2n) is 3.50. The molecule has 0 amide bonds. The third-order valence-electron chi connectivity index (χ3n) is 2.15. The van der Waals surface area contributed by atoms with Crippen molar-refractivity contribution in [1.82, 2.24) is 0 Å². The molecule has 0 bridgehead atoms. The van der Waals surface area contributed by atoms with E-state index in [1.54, 1.807) is 0 Å². The molecule has 2 heteroatoms. The van der Waals surface area contributed by atoms with E-state index in [-0.39, 0.29) is 0 Å². The predicted octanol–water partition coefficient (Wildman–Crippen LogP) is 2.25. The van der Waals surface area contributed by atoms with Gasteiger partial charge >= 0.3 is 0 Å². The minimum absolute atomic E-state index is 0.726. The first-order valence-electron chi connectivity index (χ1n) is 4.97.